The van der Waals surface area contributed by atoms with Crippen LogP contribution in [0.4, 0.5) is 0 Å². The number of aromatic amines is 1. The van der Waals surface area contributed by atoms with E-state index in [9.17, 15) is 14.4 Å². The molecule has 0 bridgehead atoms. The molecule has 146 valence electrons. The third-order valence-corrected chi connectivity index (χ3v) is 6.81. The van der Waals surface area contributed by atoms with Gasteiger partial charge in [-0.3, -0.25) is 14.4 Å². The molecule has 2 amide bonds. The van der Waals surface area contributed by atoms with Crippen molar-refractivity contribution in [1.82, 2.24) is 14.8 Å². The number of piperidine rings is 1. The number of H-pyrrole nitrogens is 1. The Kier molecular flexibility index (Phi) is 4.60. The van der Waals surface area contributed by atoms with Crippen LogP contribution in [-0.2, 0) is 4.79 Å². The molecule has 0 radical (unpaired) electrons. The fraction of sp³-hybridized carbons (Fsp3) is 0.667. The highest BCUT2D eigenvalue weighted by molar-refractivity contribution is 5.97. The maximum atomic E-state index is 13.2. The Hall–Kier alpha value is -2.11. The van der Waals surface area contributed by atoms with Crippen molar-refractivity contribution in [2.75, 3.05) is 26.2 Å². The number of amides is 2. The quantitative estimate of drug-likeness (QED) is 0.886. The van der Waals surface area contributed by atoms with Gasteiger partial charge in [-0.25, -0.2) is 0 Å². The van der Waals surface area contributed by atoms with Crippen LogP contribution in [-0.4, -0.2) is 52.8 Å². The first kappa shape index (κ1) is 18.3. The molecule has 1 spiro atoms. The van der Waals surface area contributed by atoms with E-state index >= 15 is 0 Å². The Labute approximate surface area is 159 Å². The minimum Gasteiger partial charge on any atom is -0.342 e. The molecule has 2 aliphatic heterocycles. The Morgan fingerprint density at radius 1 is 1.19 bits per heavy atom. The van der Waals surface area contributed by atoms with Crippen LogP contribution in [0.25, 0.3) is 0 Å². The molecule has 3 heterocycles. The van der Waals surface area contributed by atoms with Crippen LogP contribution in [0, 0.1) is 25.2 Å². The monoisotopic (exact) mass is 371 g/mol. The van der Waals surface area contributed by atoms with E-state index < -0.39 is 5.41 Å². The average molecular weight is 371 g/mol. The largest absolute Gasteiger partial charge is 0.342 e. The second-order valence-corrected chi connectivity index (χ2v) is 8.73. The van der Waals surface area contributed by atoms with E-state index in [1.807, 2.05) is 4.90 Å². The summed E-state index contributed by atoms with van der Waals surface area (Å²) in [5.41, 5.74) is 1.29. The van der Waals surface area contributed by atoms with Crippen molar-refractivity contribution >= 4 is 11.8 Å². The first-order valence-electron chi connectivity index (χ1n) is 10.2. The number of aromatic nitrogens is 1. The molecule has 1 aromatic rings. The lowest BCUT2D eigenvalue weighted by atomic mass is 9.77. The molecule has 6 heteroatoms. The van der Waals surface area contributed by atoms with Crippen LogP contribution in [0.3, 0.4) is 0 Å². The number of hydrogen-bond acceptors (Lipinski definition) is 3. The first-order chi connectivity index (χ1) is 12.9. The van der Waals surface area contributed by atoms with E-state index in [0.29, 0.717) is 35.8 Å². The van der Waals surface area contributed by atoms with Crippen molar-refractivity contribution in [3.63, 3.8) is 0 Å². The Balaban J connectivity index is 1.51. The van der Waals surface area contributed by atoms with Gasteiger partial charge in [-0.15, -0.1) is 0 Å². The van der Waals surface area contributed by atoms with Crippen LogP contribution in [0.5, 0.6) is 0 Å². The molecule has 1 N–H and O–H groups in total. The highest BCUT2D eigenvalue weighted by Crippen LogP contribution is 2.41. The Morgan fingerprint density at radius 3 is 2.63 bits per heavy atom. The van der Waals surface area contributed by atoms with Crippen LogP contribution >= 0.6 is 0 Å². The number of carbonyl (C=O) groups is 2. The lowest BCUT2D eigenvalue weighted by Gasteiger charge is -2.42. The Bertz CT molecular complexity index is 800. The average Bonchev–Trinajstić information content (AvgIpc) is 2.99. The highest BCUT2D eigenvalue weighted by atomic mass is 16.2. The number of hydrogen-bond donors (Lipinski definition) is 1. The van der Waals surface area contributed by atoms with Gasteiger partial charge in [0.2, 0.25) is 11.5 Å². The van der Waals surface area contributed by atoms with Crippen molar-refractivity contribution in [3.8, 4) is 0 Å². The Morgan fingerprint density at radius 2 is 1.96 bits per heavy atom. The van der Waals surface area contributed by atoms with Crippen molar-refractivity contribution in [2.45, 2.75) is 52.4 Å². The van der Waals surface area contributed by atoms with Crippen LogP contribution in [0.2, 0.25) is 0 Å². The second-order valence-electron chi connectivity index (χ2n) is 8.73. The number of pyridine rings is 1. The fourth-order valence-electron chi connectivity index (χ4n) is 5.07. The summed E-state index contributed by atoms with van der Waals surface area (Å²) in [6.07, 6.45) is 6.42. The van der Waals surface area contributed by atoms with Crippen LogP contribution in [0.15, 0.2) is 10.9 Å². The van der Waals surface area contributed by atoms with Gasteiger partial charge in [-0.05, 0) is 57.4 Å². The molecule has 1 saturated carbocycles. The number of nitrogens with zero attached hydrogens (tertiary/aromatic N) is 2. The minimum absolute atomic E-state index is 0.0676. The van der Waals surface area contributed by atoms with Gasteiger partial charge >= 0.3 is 0 Å². The van der Waals surface area contributed by atoms with E-state index in [0.717, 1.165) is 32.4 Å². The third kappa shape index (κ3) is 3.19. The normalized spacial score (nSPS) is 25.9. The highest BCUT2D eigenvalue weighted by Gasteiger charge is 2.50. The third-order valence-electron chi connectivity index (χ3n) is 6.81. The molecule has 3 aliphatic rings. The zero-order valence-electron chi connectivity index (χ0n) is 16.3. The number of aryl methyl sites for hydroxylation is 2. The summed E-state index contributed by atoms with van der Waals surface area (Å²) in [6.45, 7) is 6.44. The molecule has 27 heavy (non-hydrogen) atoms. The zero-order valence-corrected chi connectivity index (χ0v) is 16.3. The summed E-state index contributed by atoms with van der Waals surface area (Å²) in [5, 5.41) is 0. The molecule has 3 fully saturated rings. The van der Waals surface area contributed by atoms with Crippen molar-refractivity contribution < 1.29 is 9.59 Å². The maximum absolute atomic E-state index is 13.2. The second kappa shape index (κ2) is 6.80. The molecule has 1 unspecified atom stereocenters. The number of nitrogens with one attached hydrogen (secondary N) is 1. The molecule has 2 saturated heterocycles. The van der Waals surface area contributed by atoms with Gasteiger partial charge in [-0.1, -0.05) is 6.42 Å². The van der Waals surface area contributed by atoms with Crippen LogP contribution in [0.1, 0.15) is 60.1 Å². The van der Waals surface area contributed by atoms with Gasteiger partial charge in [0.1, 0.15) is 0 Å². The van der Waals surface area contributed by atoms with Crippen molar-refractivity contribution in [2.24, 2.45) is 11.3 Å². The van der Waals surface area contributed by atoms with E-state index in [-0.39, 0.29) is 17.4 Å². The minimum atomic E-state index is -0.401. The smallest absolute Gasteiger partial charge is 0.255 e. The lowest BCUT2D eigenvalue weighted by molar-refractivity contribution is -0.146. The fourth-order valence-corrected chi connectivity index (χ4v) is 5.07. The summed E-state index contributed by atoms with van der Waals surface area (Å²) < 4.78 is 0. The van der Waals surface area contributed by atoms with E-state index in [4.69, 9.17) is 0 Å². The molecule has 1 atom stereocenters. The summed E-state index contributed by atoms with van der Waals surface area (Å²) in [4.78, 5) is 44.6. The van der Waals surface area contributed by atoms with Crippen molar-refractivity contribution in [3.05, 3.63) is 33.2 Å². The molecule has 0 aromatic carbocycles. The number of likely N-dealkylation sites (tertiary alicyclic amines) is 2. The number of rotatable bonds is 3. The summed E-state index contributed by atoms with van der Waals surface area (Å²) in [5.74, 6) is 0.864. The molecule has 1 aromatic heterocycles. The van der Waals surface area contributed by atoms with E-state index in [1.165, 1.54) is 25.3 Å². The first-order valence-corrected chi connectivity index (χ1v) is 10.2. The number of carbonyl (C=O) groups excluding carboxylic acids is 2. The lowest BCUT2D eigenvalue weighted by Crippen LogP contribution is -2.52. The SMILES string of the molecule is Cc1cc(=O)[nH]c(C)c1C(=O)N1CCC2(CCCN(CC3CCC3)C2=O)C1. The predicted molar refractivity (Wildman–Crippen MR) is 103 cm³/mol. The molecule has 1 aliphatic carbocycles. The van der Waals surface area contributed by atoms with Gasteiger partial charge in [-0.2, -0.15) is 0 Å². The van der Waals surface area contributed by atoms with Gasteiger partial charge in [0.15, 0.2) is 0 Å². The van der Waals surface area contributed by atoms with Gasteiger partial charge < -0.3 is 14.8 Å². The predicted octanol–water partition coefficient (Wildman–Crippen LogP) is 2.25. The molecular weight excluding hydrogens is 342 g/mol. The van der Waals surface area contributed by atoms with Gasteiger partial charge in [0, 0.05) is 37.9 Å². The summed E-state index contributed by atoms with van der Waals surface area (Å²) in [6, 6.07) is 1.47. The molecule has 4 rings (SSSR count). The van der Waals surface area contributed by atoms with E-state index in [2.05, 4.69) is 9.88 Å². The van der Waals surface area contributed by atoms with Crippen LogP contribution < -0.4 is 5.56 Å². The van der Waals surface area contributed by atoms with Gasteiger partial charge in [0.25, 0.3) is 5.91 Å². The van der Waals surface area contributed by atoms with Crippen molar-refractivity contribution in [1.29, 1.82) is 0 Å². The van der Waals surface area contributed by atoms with E-state index in [1.54, 1.807) is 13.8 Å². The molecule has 6 nitrogen and oxygen atoms in total. The van der Waals surface area contributed by atoms with Gasteiger partial charge in [0.05, 0.1) is 11.0 Å². The molecular formula is C21H29N3O3. The topological polar surface area (TPSA) is 73.5 Å². The zero-order chi connectivity index (χ0) is 19.2. The standard InChI is InChI=1S/C21H29N3O3/c1-14-11-17(25)22-15(2)18(14)19(26)24-10-8-21(13-24)7-4-9-23(20(21)27)12-16-5-3-6-16/h11,16H,3-10,12-13H2,1-2H3,(H,22,25). The maximum Gasteiger partial charge on any atom is 0.255 e. The summed E-state index contributed by atoms with van der Waals surface area (Å²) in [7, 11) is 0. The summed E-state index contributed by atoms with van der Waals surface area (Å²) >= 11 is 0.